The largest absolute Gasteiger partial charge is 0.473 e. The van der Waals surface area contributed by atoms with Crippen molar-refractivity contribution in [2.75, 3.05) is 0 Å². The summed E-state index contributed by atoms with van der Waals surface area (Å²) >= 11 is 4.71. The Balaban J connectivity index is 2.07. The Labute approximate surface area is 104 Å². The van der Waals surface area contributed by atoms with Crippen molar-refractivity contribution >= 4 is 18.6 Å². The van der Waals surface area contributed by atoms with Crippen molar-refractivity contribution in [1.82, 2.24) is 0 Å². The average Bonchev–Trinajstić information content (AvgIpc) is 2.30. The lowest BCUT2D eigenvalue weighted by Crippen LogP contribution is -1.95. The fourth-order valence-electron chi connectivity index (χ4n) is 1.23. The zero-order chi connectivity index (χ0) is 12.1. The van der Waals surface area contributed by atoms with E-state index in [-0.39, 0.29) is 0 Å². The van der Waals surface area contributed by atoms with Gasteiger partial charge in [-0.1, -0.05) is 36.4 Å². The van der Waals surface area contributed by atoms with Crippen LogP contribution in [-0.4, -0.2) is 0 Å². The summed E-state index contributed by atoms with van der Waals surface area (Å²) in [6.45, 7) is -3.80. The van der Waals surface area contributed by atoms with Gasteiger partial charge in [0.15, 0.2) is 0 Å². The van der Waals surface area contributed by atoms with Gasteiger partial charge >= 0.3 is 6.80 Å². The first-order chi connectivity index (χ1) is 8.16. The maximum absolute atomic E-state index is 13.9. The molecule has 17 heavy (non-hydrogen) atoms. The molecule has 0 aliphatic heterocycles. The lowest BCUT2D eigenvalue weighted by atomic mass is 10.3. The molecule has 5 heteroatoms. The third kappa shape index (κ3) is 3.84. The second-order valence-corrected chi connectivity index (χ2v) is 5.77. The molecule has 2 rings (SSSR count). The summed E-state index contributed by atoms with van der Waals surface area (Å²) < 4.78 is 24.0. The highest BCUT2D eigenvalue weighted by molar-refractivity contribution is 8.07. The zero-order valence-corrected chi connectivity index (χ0v) is 10.5. The van der Waals surface area contributed by atoms with Crippen LogP contribution >= 0.6 is 6.80 Å². The first-order valence-corrected chi connectivity index (χ1v) is 7.48. The van der Waals surface area contributed by atoms with Gasteiger partial charge in [-0.25, -0.2) is 0 Å². The standard InChI is InChI=1S/C12H10FO2PS/c13-16(17,14-11-7-3-1-4-8-11)15-12-9-5-2-6-10-12/h1-10H. The Hall–Kier alpha value is -1.38. The van der Waals surface area contributed by atoms with Gasteiger partial charge in [0.1, 0.15) is 11.5 Å². The first kappa shape index (κ1) is 12.1. The van der Waals surface area contributed by atoms with E-state index in [1.165, 1.54) is 0 Å². The van der Waals surface area contributed by atoms with Crippen molar-refractivity contribution in [3.63, 3.8) is 0 Å². The fourth-order valence-corrected chi connectivity index (χ4v) is 2.53. The zero-order valence-electron chi connectivity index (χ0n) is 8.82. The minimum Gasteiger partial charge on any atom is -0.413 e. The first-order valence-electron chi connectivity index (χ1n) is 4.95. The van der Waals surface area contributed by atoms with Crippen LogP contribution in [0.15, 0.2) is 60.7 Å². The molecule has 0 saturated carbocycles. The molecule has 0 heterocycles. The summed E-state index contributed by atoms with van der Waals surface area (Å²) in [4.78, 5) is 0. The van der Waals surface area contributed by atoms with Crippen molar-refractivity contribution in [2.24, 2.45) is 0 Å². The molecular formula is C12H10FO2PS. The molecule has 0 amide bonds. The van der Waals surface area contributed by atoms with Crippen LogP contribution in [0.5, 0.6) is 11.5 Å². The minimum absolute atomic E-state index is 0.370. The van der Waals surface area contributed by atoms with Crippen LogP contribution in [0, 0.1) is 0 Å². The van der Waals surface area contributed by atoms with Crippen molar-refractivity contribution < 1.29 is 13.2 Å². The smallest absolute Gasteiger partial charge is 0.413 e. The van der Waals surface area contributed by atoms with Crippen molar-refractivity contribution in [3.8, 4) is 11.5 Å². The summed E-state index contributed by atoms with van der Waals surface area (Å²) in [6.07, 6.45) is 0. The van der Waals surface area contributed by atoms with Crippen LogP contribution < -0.4 is 9.05 Å². The third-order valence-electron chi connectivity index (χ3n) is 1.92. The van der Waals surface area contributed by atoms with Crippen LogP contribution in [-0.2, 0) is 11.8 Å². The van der Waals surface area contributed by atoms with Gasteiger partial charge in [0.25, 0.3) is 0 Å². The molecule has 0 N–H and O–H groups in total. The van der Waals surface area contributed by atoms with Gasteiger partial charge in [-0.15, -0.1) is 4.20 Å². The van der Waals surface area contributed by atoms with E-state index in [9.17, 15) is 4.20 Å². The molecule has 0 radical (unpaired) electrons. The van der Waals surface area contributed by atoms with E-state index in [0.29, 0.717) is 11.5 Å². The molecule has 0 bridgehead atoms. The highest BCUT2D eigenvalue weighted by Gasteiger charge is 2.21. The molecule has 0 saturated heterocycles. The molecule has 0 aromatic heterocycles. The normalized spacial score (nSPS) is 10.9. The average molecular weight is 268 g/mol. The van der Waals surface area contributed by atoms with Gasteiger partial charge in [0, 0.05) is 11.8 Å². The van der Waals surface area contributed by atoms with E-state index in [1.807, 2.05) is 12.1 Å². The monoisotopic (exact) mass is 268 g/mol. The van der Waals surface area contributed by atoms with Crippen LogP contribution in [0.25, 0.3) is 0 Å². The minimum atomic E-state index is -3.80. The van der Waals surface area contributed by atoms with Crippen LogP contribution in [0.1, 0.15) is 0 Å². The molecule has 0 aliphatic carbocycles. The molecule has 0 spiro atoms. The summed E-state index contributed by atoms with van der Waals surface area (Å²) in [5.41, 5.74) is 0. The fraction of sp³-hybridized carbons (Fsp3) is 0. The molecule has 0 atom stereocenters. The van der Waals surface area contributed by atoms with Crippen LogP contribution in [0.3, 0.4) is 0 Å². The highest BCUT2D eigenvalue weighted by Crippen LogP contribution is 2.50. The van der Waals surface area contributed by atoms with E-state index < -0.39 is 6.80 Å². The molecule has 88 valence electrons. The Kier molecular flexibility index (Phi) is 3.77. The maximum Gasteiger partial charge on any atom is 0.473 e. The number of halogens is 1. The predicted octanol–water partition coefficient (Wildman–Crippen LogP) is 4.34. The van der Waals surface area contributed by atoms with Gasteiger partial charge < -0.3 is 9.05 Å². The quantitative estimate of drug-likeness (QED) is 0.768. The second kappa shape index (κ2) is 5.30. The summed E-state index contributed by atoms with van der Waals surface area (Å²) in [6, 6.07) is 17.1. The van der Waals surface area contributed by atoms with Gasteiger partial charge in [0.05, 0.1) is 0 Å². The summed E-state index contributed by atoms with van der Waals surface area (Å²) in [5.74, 6) is 0.739. The lowest BCUT2D eigenvalue weighted by molar-refractivity contribution is 0.435. The second-order valence-electron chi connectivity index (χ2n) is 3.24. The summed E-state index contributed by atoms with van der Waals surface area (Å²) in [5, 5.41) is 0. The molecule has 0 fully saturated rings. The predicted molar refractivity (Wildman–Crippen MR) is 69.5 cm³/mol. The van der Waals surface area contributed by atoms with E-state index in [4.69, 9.17) is 20.9 Å². The van der Waals surface area contributed by atoms with Crippen LogP contribution in [0.2, 0.25) is 0 Å². The number of rotatable bonds is 4. The topological polar surface area (TPSA) is 18.5 Å². The summed E-state index contributed by atoms with van der Waals surface area (Å²) in [7, 11) is 0. The molecule has 2 aromatic rings. The highest BCUT2D eigenvalue weighted by atomic mass is 32.5. The van der Waals surface area contributed by atoms with Gasteiger partial charge in [-0.3, -0.25) is 0 Å². The Morgan fingerprint density at radius 3 is 1.47 bits per heavy atom. The SMILES string of the molecule is FP(=S)(Oc1ccccc1)Oc1ccccc1. The maximum atomic E-state index is 13.9. The molecule has 2 nitrogen and oxygen atoms in total. The molecule has 2 aromatic carbocycles. The lowest BCUT2D eigenvalue weighted by Gasteiger charge is -2.15. The van der Waals surface area contributed by atoms with E-state index in [2.05, 4.69) is 0 Å². The van der Waals surface area contributed by atoms with E-state index in [1.54, 1.807) is 48.5 Å². The third-order valence-corrected chi connectivity index (χ3v) is 3.22. The number of benzene rings is 2. The number of hydrogen-bond acceptors (Lipinski definition) is 3. The van der Waals surface area contributed by atoms with Gasteiger partial charge in [-0.2, -0.15) is 0 Å². The molecular weight excluding hydrogens is 258 g/mol. The van der Waals surface area contributed by atoms with Crippen molar-refractivity contribution in [2.45, 2.75) is 0 Å². The van der Waals surface area contributed by atoms with Crippen molar-refractivity contribution in [3.05, 3.63) is 60.7 Å². The molecule has 0 unspecified atom stereocenters. The van der Waals surface area contributed by atoms with E-state index in [0.717, 1.165) is 0 Å². The number of hydrogen-bond donors (Lipinski definition) is 0. The van der Waals surface area contributed by atoms with Gasteiger partial charge in [0.2, 0.25) is 0 Å². The molecule has 0 aliphatic rings. The Morgan fingerprint density at radius 1 is 0.765 bits per heavy atom. The van der Waals surface area contributed by atoms with Crippen molar-refractivity contribution in [1.29, 1.82) is 0 Å². The number of para-hydroxylation sites is 2. The van der Waals surface area contributed by atoms with E-state index >= 15 is 0 Å². The Morgan fingerprint density at radius 2 is 1.12 bits per heavy atom. The van der Waals surface area contributed by atoms with Gasteiger partial charge in [-0.05, 0) is 24.3 Å². The van der Waals surface area contributed by atoms with Crippen LogP contribution in [0.4, 0.5) is 4.20 Å². The Bertz CT molecular complexity index is 473.